The number of benzene rings is 2. The molecule has 0 aromatic heterocycles. The molecule has 2 rings (SSSR count). The third kappa shape index (κ3) is 11.1. The van der Waals surface area contributed by atoms with Crippen LogP contribution in [0.5, 0.6) is 0 Å². The zero-order valence-electron chi connectivity index (χ0n) is 28.3. The molecule has 3 amide bonds. The summed E-state index contributed by atoms with van der Waals surface area (Å²) >= 11 is 6.53. The molecule has 44 heavy (non-hydrogen) atoms. The van der Waals surface area contributed by atoms with E-state index in [9.17, 15) is 14.4 Å². The summed E-state index contributed by atoms with van der Waals surface area (Å²) in [6.45, 7) is 17.7. The number of rotatable bonds is 15. The molecule has 0 aliphatic rings. The summed E-state index contributed by atoms with van der Waals surface area (Å²) in [6, 6.07) is 9.55. The number of carbonyl (C=O) groups excluding carboxylic acids is 3. The molecular formula is C36H54ClN3O4. The Morgan fingerprint density at radius 1 is 0.932 bits per heavy atom. The van der Waals surface area contributed by atoms with E-state index in [2.05, 4.69) is 17.6 Å². The van der Waals surface area contributed by atoms with Crippen LogP contribution in [0.15, 0.2) is 36.4 Å². The highest BCUT2D eigenvalue weighted by Gasteiger charge is 2.38. The van der Waals surface area contributed by atoms with Gasteiger partial charge >= 0.3 is 6.09 Å². The molecule has 244 valence electrons. The largest absolute Gasteiger partial charge is 0.444 e. The molecule has 0 saturated carbocycles. The van der Waals surface area contributed by atoms with Crippen molar-refractivity contribution in [3.05, 3.63) is 63.7 Å². The first-order valence-electron chi connectivity index (χ1n) is 16.1. The van der Waals surface area contributed by atoms with Crippen LogP contribution in [0.1, 0.15) is 115 Å². The third-order valence-corrected chi connectivity index (χ3v) is 8.25. The Bertz CT molecular complexity index is 1240. The van der Waals surface area contributed by atoms with E-state index < -0.39 is 23.8 Å². The quantitative estimate of drug-likeness (QED) is 0.193. The van der Waals surface area contributed by atoms with Crippen LogP contribution < -0.4 is 10.6 Å². The van der Waals surface area contributed by atoms with Gasteiger partial charge in [0.25, 0.3) is 5.91 Å². The van der Waals surface area contributed by atoms with Crippen LogP contribution in [0.3, 0.4) is 0 Å². The number of amides is 3. The van der Waals surface area contributed by atoms with Crippen molar-refractivity contribution in [2.24, 2.45) is 5.92 Å². The Morgan fingerprint density at radius 3 is 2.18 bits per heavy atom. The molecule has 7 nitrogen and oxygen atoms in total. The van der Waals surface area contributed by atoms with Gasteiger partial charge in [-0.3, -0.25) is 9.59 Å². The normalized spacial score (nSPS) is 13.5. The molecule has 0 radical (unpaired) electrons. The minimum atomic E-state index is -0.943. The fourth-order valence-electron chi connectivity index (χ4n) is 5.29. The molecule has 0 bridgehead atoms. The molecule has 0 aliphatic carbocycles. The first-order chi connectivity index (χ1) is 20.7. The fraction of sp³-hybridized carbons (Fsp3) is 0.583. The Morgan fingerprint density at radius 2 is 1.59 bits per heavy atom. The van der Waals surface area contributed by atoms with Gasteiger partial charge in [0.2, 0.25) is 5.91 Å². The zero-order valence-corrected chi connectivity index (χ0v) is 29.1. The maximum atomic E-state index is 14.6. The molecule has 8 heteroatoms. The topological polar surface area (TPSA) is 87.7 Å². The van der Waals surface area contributed by atoms with Gasteiger partial charge in [-0.25, -0.2) is 4.79 Å². The van der Waals surface area contributed by atoms with E-state index >= 15 is 0 Å². The van der Waals surface area contributed by atoms with Gasteiger partial charge in [0.15, 0.2) is 0 Å². The van der Waals surface area contributed by atoms with Crippen LogP contribution in [0, 0.1) is 26.7 Å². The van der Waals surface area contributed by atoms with Gasteiger partial charge in [0.1, 0.15) is 17.7 Å². The van der Waals surface area contributed by atoms with Crippen LogP contribution in [0.25, 0.3) is 0 Å². The molecule has 0 heterocycles. The molecule has 3 unspecified atom stereocenters. The van der Waals surface area contributed by atoms with E-state index in [1.54, 1.807) is 31.7 Å². The van der Waals surface area contributed by atoms with Crippen molar-refractivity contribution >= 4 is 35.2 Å². The van der Waals surface area contributed by atoms with Gasteiger partial charge in [-0.05, 0) is 76.6 Å². The van der Waals surface area contributed by atoms with Crippen molar-refractivity contribution in [2.75, 3.05) is 11.9 Å². The molecule has 0 saturated heterocycles. The minimum absolute atomic E-state index is 0.198. The highest BCUT2D eigenvalue weighted by Crippen LogP contribution is 2.32. The van der Waals surface area contributed by atoms with Crippen LogP contribution in [0.4, 0.5) is 10.5 Å². The number of para-hydroxylation sites is 1. The number of halogens is 1. The lowest BCUT2D eigenvalue weighted by Gasteiger charge is -2.36. The van der Waals surface area contributed by atoms with E-state index in [4.69, 9.17) is 16.3 Å². The number of nitrogens with zero attached hydrogens (tertiary/aromatic N) is 1. The predicted octanol–water partition coefficient (Wildman–Crippen LogP) is 9.07. The van der Waals surface area contributed by atoms with E-state index in [0.717, 1.165) is 54.4 Å². The fourth-order valence-corrected chi connectivity index (χ4v) is 5.56. The number of alkyl carbamates (subject to hydrolysis) is 1. The second-order valence-corrected chi connectivity index (χ2v) is 13.4. The molecule has 0 spiro atoms. The Labute approximate surface area is 270 Å². The van der Waals surface area contributed by atoms with Crippen LogP contribution in [0.2, 0.25) is 5.02 Å². The lowest BCUT2D eigenvalue weighted by Crippen LogP contribution is -2.55. The monoisotopic (exact) mass is 627 g/mol. The summed E-state index contributed by atoms with van der Waals surface area (Å²) < 4.78 is 5.54. The highest BCUT2D eigenvalue weighted by atomic mass is 35.5. The van der Waals surface area contributed by atoms with Crippen molar-refractivity contribution in [1.82, 2.24) is 10.2 Å². The summed E-state index contributed by atoms with van der Waals surface area (Å²) in [5.41, 5.74) is 3.32. The number of unbranched alkanes of at least 4 members (excludes halogenated alkanes) is 5. The molecule has 0 aliphatic heterocycles. The Balaban J connectivity index is 2.62. The maximum absolute atomic E-state index is 14.6. The molecule has 3 atom stereocenters. The first kappa shape index (κ1) is 37.1. The number of aryl methyl sites for hydroxylation is 3. The van der Waals surface area contributed by atoms with Gasteiger partial charge < -0.3 is 20.3 Å². The summed E-state index contributed by atoms with van der Waals surface area (Å²) in [6.07, 6.45) is 6.16. The SMILES string of the molecule is CCCCCCCCN(C(=O)C(NC(=O)OC(C)(C)C)C(C)CC)C(C(=O)Nc1c(C)cccc1Cl)c1ccc(C)cc1C. The number of hydrogen-bond donors (Lipinski definition) is 2. The van der Waals surface area contributed by atoms with Crippen molar-refractivity contribution < 1.29 is 19.1 Å². The third-order valence-electron chi connectivity index (χ3n) is 7.94. The average Bonchev–Trinajstić information content (AvgIpc) is 2.94. The van der Waals surface area contributed by atoms with Gasteiger partial charge in [0.05, 0.1) is 10.7 Å². The van der Waals surface area contributed by atoms with Crippen molar-refractivity contribution in [3.8, 4) is 0 Å². The Kier molecular flexibility index (Phi) is 14.7. The second kappa shape index (κ2) is 17.4. The molecular weight excluding hydrogens is 574 g/mol. The maximum Gasteiger partial charge on any atom is 0.408 e. The van der Waals surface area contributed by atoms with Crippen molar-refractivity contribution in [2.45, 2.75) is 125 Å². The average molecular weight is 628 g/mol. The molecule has 2 N–H and O–H groups in total. The summed E-state index contributed by atoms with van der Waals surface area (Å²) in [4.78, 5) is 43.6. The highest BCUT2D eigenvalue weighted by molar-refractivity contribution is 6.34. The number of hydrogen-bond acceptors (Lipinski definition) is 4. The minimum Gasteiger partial charge on any atom is -0.444 e. The van der Waals surface area contributed by atoms with E-state index in [-0.39, 0.29) is 17.7 Å². The summed E-state index contributed by atoms with van der Waals surface area (Å²) in [5, 5.41) is 6.33. The standard InChI is InChI=1S/C36H54ClN3O4/c1-10-12-13-14-15-16-22-40(34(42)31(25(4)11-2)39-35(43)44-36(7,8)9)32(28-21-20-24(3)23-27(28)6)33(41)38-30-26(5)18-17-19-29(30)37/h17-21,23,25,31-32H,10-16,22H2,1-9H3,(H,38,41)(H,39,43). The van der Waals surface area contributed by atoms with Crippen LogP contribution in [-0.4, -0.2) is 41.0 Å². The lowest BCUT2D eigenvalue weighted by molar-refractivity contribution is -0.142. The summed E-state index contributed by atoms with van der Waals surface area (Å²) in [7, 11) is 0. The van der Waals surface area contributed by atoms with Crippen molar-refractivity contribution in [3.63, 3.8) is 0 Å². The first-order valence-corrected chi connectivity index (χ1v) is 16.5. The number of nitrogens with one attached hydrogen (secondary N) is 2. The van der Waals surface area contributed by atoms with Gasteiger partial charge in [0, 0.05) is 6.54 Å². The van der Waals surface area contributed by atoms with Gasteiger partial charge in [-0.15, -0.1) is 0 Å². The van der Waals surface area contributed by atoms with Gasteiger partial charge in [-0.2, -0.15) is 0 Å². The second-order valence-electron chi connectivity index (χ2n) is 13.0. The van der Waals surface area contributed by atoms with E-state index in [1.807, 2.05) is 65.0 Å². The van der Waals surface area contributed by atoms with Crippen LogP contribution in [-0.2, 0) is 14.3 Å². The number of ether oxygens (including phenoxy) is 1. The lowest BCUT2D eigenvalue weighted by atomic mass is 9.93. The molecule has 2 aromatic rings. The van der Waals surface area contributed by atoms with Crippen molar-refractivity contribution in [1.29, 1.82) is 0 Å². The Hall–Kier alpha value is -3.06. The predicted molar refractivity (Wildman–Crippen MR) is 181 cm³/mol. The summed E-state index contributed by atoms with van der Waals surface area (Å²) in [5.74, 6) is -0.863. The number of anilines is 1. The van der Waals surface area contributed by atoms with Crippen LogP contribution >= 0.6 is 11.6 Å². The molecule has 0 fully saturated rings. The zero-order chi connectivity index (χ0) is 33.0. The van der Waals surface area contributed by atoms with Gasteiger partial charge in [-0.1, -0.05) is 107 Å². The number of carbonyl (C=O) groups is 3. The molecule has 2 aromatic carbocycles. The van der Waals surface area contributed by atoms with E-state index in [0.29, 0.717) is 23.7 Å². The smallest absolute Gasteiger partial charge is 0.408 e. The van der Waals surface area contributed by atoms with E-state index in [1.165, 1.54) is 6.42 Å².